The van der Waals surface area contributed by atoms with Crippen molar-refractivity contribution in [1.82, 2.24) is 9.97 Å². The first-order valence-electron chi connectivity index (χ1n) is 7.14. The quantitative estimate of drug-likeness (QED) is 0.903. The molecule has 0 unspecified atom stereocenters. The lowest BCUT2D eigenvalue weighted by Crippen LogP contribution is -2.00. The Bertz CT molecular complexity index is 591. The van der Waals surface area contributed by atoms with Gasteiger partial charge in [-0.3, -0.25) is 0 Å². The zero-order valence-corrected chi connectivity index (χ0v) is 11.7. The van der Waals surface area contributed by atoms with Gasteiger partial charge in [-0.2, -0.15) is 0 Å². The van der Waals surface area contributed by atoms with E-state index < -0.39 is 0 Å². The number of anilines is 1. The Labute approximate surface area is 119 Å². The summed E-state index contributed by atoms with van der Waals surface area (Å²) in [6, 6.07) is 9.81. The van der Waals surface area contributed by atoms with Gasteiger partial charge in [-0.25, -0.2) is 9.97 Å². The van der Waals surface area contributed by atoms with Crippen molar-refractivity contribution in [3.05, 3.63) is 36.2 Å². The number of nitrogen functional groups attached to an aromatic ring is 1. The molecule has 1 aromatic carbocycles. The maximum absolute atomic E-state index is 5.88. The number of rotatable bonds is 5. The molecule has 0 atom stereocenters. The summed E-state index contributed by atoms with van der Waals surface area (Å²) >= 11 is 0. The number of hydrogen-bond donors (Lipinski definition) is 1. The van der Waals surface area contributed by atoms with Gasteiger partial charge in [0.25, 0.3) is 0 Å². The van der Waals surface area contributed by atoms with Crippen LogP contribution in [-0.2, 0) is 0 Å². The molecule has 1 saturated carbocycles. The molecule has 1 aliphatic rings. The summed E-state index contributed by atoms with van der Waals surface area (Å²) in [4.78, 5) is 8.95. The van der Waals surface area contributed by atoms with E-state index in [1.807, 2.05) is 30.3 Å². The molecule has 4 nitrogen and oxygen atoms in total. The molecular weight excluding hydrogens is 250 g/mol. The van der Waals surface area contributed by atoms with E-state index in [2.05, 4.69) is 16.9 Å². The summed E-state index contributed by atoms with van der Waals surface area (Å²) in [5, 5.41) is 0. The van der Waals surface area contributed by atoms with E-state index in [1.165, 1.54) is 12.8 Å². The molecule has 0 aliphatic heterocycles. The van der Waals surface area contributed by atoms with E-state index in [4.69, 9.17) is 10.5 Å². The predicted molar refractivity (Wildman–Crippen MR) is 79.6 cm³/mol. The SMILES string of the molecule is CCCOc1ccc(-c2cc(N)nc(C3CC3)n2)cc1. The molecule has 4 heteroatoms. The molecule has 104 valence electrons. The number of nitrogens with two attached hydrogens (primary N) is 1. The first-order chi connectivity index (χ1) is 9.76. The number of aromatic nitrogens is 2. The van der Waals surface area contributed by atoms with E-state index in [0.717, 1.165) is 35.9 Å². The molecule has 0 radical (unpaired) electrons. The van der Waals surface area contributed by atoms with Crippen LogP contribution in [0.5, 0.6) is 5.75 Å². The van der Waals surface area contributed by atoms with E-state index in [9.17, 15) is 0 Å². The minimum atomic E-state index is 0.504. The highest BCUT2D eigenvalue weighted by atomic mass is 16.5. The molecule has 3 rings (SSSR count). The lowest BCUT2D eigenvalue weighted by molar-refractivity contribution is 0.317. The fourth-order valence-corrected chi connectivity index (χ4v) is 2.10. The van der Waals surface area contributed by atoms with Crippen molar-refractivity contribution in [3.63, 3.8) is 0 Å². The van der Waals surface area contributed by atoms with Crippen LogP contribution < -0.4 is 10.5 Å². The molecule has 1 aromatic heterocycles. The van der Waals surface area contributed by atoms with Crippen LogP contribution in [0.4, 0.5) is 5.82 Å². The molecule has 20 heavy (non-hydrogen) atoms. The number of hydrogen-bond acceptors (Lipinski definition) is 4. The summed E-state index contributed by atoms with van der Waals surface area (Å²) in [5.41, 5.74) is 7.82. The molecule has 0 bridgehead atoms. The Balaban J connectivity index is 1.84. The van der Waals surface area contributed by atoms with Crippen LogP contribution in [0.15, 0.2) is 30.3 Å². The summed E-state index contributed by atoms with van der Waals surface area (Å²) in [6.45, 7) is 2.84. The molecule has 1 fully saturated rings. The molecule has 0 saturated heterocycles. The Kier molecular flexibility index (Phi) is 3.54. The van der Waals surface area contributed by atoms with Crippen molar-refractivity contribution in [3.8, 4) is 17.0 Å². The number of benzene rings is 1. The first kappa shape index (κ1) is 12.9. The Hall–Kier alpha value is -2.10. The summed E-state index contributed by atoms with van der Waals surface area (Å²) < 4.78 is 5.58. The monoisotopic (exact) mass is 269 g/mol. The van der Waals surface area contributed by atoms with Crippen molar-refractivity contribution < 1.29 is 4.74 Å². The average molecular weight is 269 g/mol. The van der Waals surface area contributed by atoms with Crippen LogP contribution in [0.3, 0.4) is 0 Å². The Morgan fingerprint density at radius 2 is 1.95 bits per heavy atom. The molecular formula is C16H19N3O. The Morgan fingerprint density at radius 1 is 1.20 bits per heavy atom. The third-order valence-corrected chi connectivity index (χ3v) is 3.33. The molecule has 1 heterocycles. The maximum Gasteiger partial charge on any atom is 0.134 e. The van der Waals surface area contributed by atoms with Gasteiger partial charge in [-0.05, 0) is 43.5 Å². The molecule has 2 N–H and O–H groups in total. The fraction of sp³-hybridized carbons (Fsp3) is 0.375. The van der Waals surface area contributed by atoms with Gasteiger partial charge < -0.3 is 10.5 Å². The van der Waals surface area contributed by atoms with E-state index >= 15 is 0 Å². The maximum atomic E-state index is 5.88. The number of ether oxygens (including phenoxy) is 1. The van der Waals surface area contributed by atoms with Gasteiger partial charge >= 0.3 is 0 Å². The lowest BCUT2D eigenvalue weighted by atomic mass is 10.1. The van der Waals surface area contributed by atoms with E-state index in [-0.39, 0.29) is 0 Å². The largest absolute Gasteiger partial charge is 0.494 e. The highest BCUT2D eigenvalue weighted by molar-refractivity contribution is 5.62. The van der Waals surface area contributed by atoms with Crippen LogP contribution in [0.1, 0.15) is 37.9 Å². The van der Waals surface area contributed by atoms with Gasteiger partial charge in [-0.15, -0.1) is 0 Å². The summed E-state index contributed by atoms with van der Waals surface area (Å²) in [6.07, 6.45) is 3.36. The fourth-order valence-electron chi connectivity index (χ4n) is 2.10. The normalized spacial score (nSPS) is 14.2. The number of nitrogens with zero attached hydrogens (tertiary/aromatic N) is 2. The van der Waals surface area contributed by atoms with Crippen molar-refractivity contribution in [1.29, 1.82) is 0 Å². The van der Waals surface area contributed by atoms with Gasteiger partial charge in [0.05, 0.1) is 12.3 Å². The topological polar surface area (TPSA) is 61.0 Å². The zero-order valence-electron chi connectivity index (χ0n) is 11.7. The smallest absolute Gasteiger partial charge is 0.134 e. The first-order valence-corrected chi connectivity index (χ1v) is 7.14. The van der Waals surface area contributed by atoms with Crippen molar-refractivity contribution in [2.24, 2.45) is 0 Å². The van der Waals surface area contributed by atoms with Gasteiger partial charge in [-0.1, -0.05) is 6.92 Å². The average Bonchev–Trinajstić information content (AvgIpc) is 3.29. The second-order valence-corrected chi connectivity index (χ2v) is 5.18. The van der Waals surface area contributed by atoms with Crippen molar-refractivity contribution in [2.75, 3.05) is 12.3 Å². The minimum Gasteiger partial charge on any atom is -0.494 e. The van der Waals surface area contributed by atoms with Crippen LogP contribution in [0.25, 0.3) is 11.3 Å². The van der Waals surface area contributed by atoms with Crippen LogP contribution in [-0.4, -0.2) is 16.6 Å². The van der Waals surface area contributed by atoms with Gasteiger partial charge in [0.15, 0.2) is 0 Å². The second kappa shape index (κ2) is 5.49. The highest BCUT2D eigenvalue weighted by Crippen LogP contribution is 2.39. The predicted octanol–water partition coefficient (Wildman–Crippen LogP) is 3.39. The van der Waals surface area contributed by atoms with Gasteiger partial charge in [0.1, 0.15) is 17.4 Å². The molecule has 0 spiro atoms. The van der Waals surface area contributed by atoms with E-state index in [1.54, 1.807) is 0 Å². The summed E-state index contributed by atoms with van der Waals surface area (Å²) in [7, 11) is 0. The second-order valence-electron chi connectivity index (χ2n) is 5.18. The van der Waals surface area contributed by atoms with Crippen LogP contribution in [0.2, 0.25) is 0 Å². The van der Waals surface area contributed by atoms with E-state index in [0.29, 0.717) is 11.7 Å². The van der Waals surface area contributed by atoms with Crippen molar-refractivity contribution in [2.45, 2.75) is 32.1 Å². The van der Waals surface area contributed by atoms with Gasteiger partial charge in [0.2, 0.25) is 0 Å². The van der Waals surface area contributed by atoms with Crippen LogP contribution >= 0.6 is 0 Å². The standard InChI is InChI=1S/C16H19N3O/c1-2-9-20-13-7-5-11(6-8-13)14-10-15(17)19-16(18-14)12-3-4-12/h5-8,10,12H,2-4,9H2,1H3,(H2,17,18,19). The molecule has 2 aromatic rings. The Morgan fingerprint density at radius 3 is 2.60 bits per heavy atom. The van der Waals surface area contributed by atoms with Crippen molar-refractivity contribution >= 4 is 5.82 Å². The lowest BCUT2D eigenvalue weighted by Gasteiger charge is -2.07. The third kappa shape index (κ3) is 2.90. The summed E-state index contributed by atoms with van der Waals surface area (Å²) in [5.74, 6) is 2.82. The highest BCUT2D eigenvalue weighted by Gasteiger charge is 2.27. The third-order valence-electron chi connectivity index (χ3n) is 3.33. The minimum absolute atomic E-state index is 0.504. The van der Waals surface area contributed by atoms with Gasteiger partial charge in [0, 0.05) is 17.5 Å². The molecule has 0 amide bonds. The molecule has 1 aliphatic carbocycles. The zero-order chi connectivity index (χ0) is 13.9. The van der Waals surface area contributed by atoms with Crippen LogP contribution in [0, 0.1) is 0 Å².